The van der Waals surface area contributed by atoms with Gasteiger partial charge in [0.2, 0.25) is 0 Å². The molecule has 0 saturated carbocycles. The summed E-state index contributed by atoms with van der Waals surface area (Å²) >= 11 is 4.29. The van der Waals surface area contributed by atoms with Crippen molar-refractivity contribution in [1.82, 2.24) is 10.2 Å². The van der Waals surface area contributed by atoms with E-state index in [9.17, 15) is 19.2 Å². The van der Waals surface area contributed by atoms with Crippen LogP contribution in [-0.2, 0) is 19.2 Å². The van der Waals surface area contributed by atoms with Crippen molar-refractivity contribution in [2.45, 2.75) is 18.5 Å². The first-order chi connectivity index (χ1) is 16.0. The van der Waals surface area contributed by atoms with Gasteiger partial charge in [-0.2, -0.15) is 0 Å². The second kappa shape index (κ2) is 8.77. The first-order valence-corrected chi connectivity index (χ1v) is 11.9. The molecule has 0 atom stereocenters. The van der Waals surface area contributed by atoms with Gasteiger partial charge in [-0.15, -0.1) is 10.2 Å². The molecule has 1 aromatic heterocycles. The van der Waals surface area contributed by atoms with Crippen molar-refractivity contribution in [2.24, 2.45) is 0 Å². The molecule has 2 aromatic carbocycles. The molecule has 2 aliphatic heterocycles. The van der Waals surface area contributed by atoms with Crippen LogP contribution in [0.1, 0.15) is 0 Å². The van der Waals surface area contributed by atoms with E-state index in [-0.39, 0.29) is 23.6 Å². The Morgan fingerprint density at radius 2 is 0.879 bits per heavy atom. The number of nitrogens with zero attached hydrogens (tertiary/aromatic N) is 4. The summed E-state index contributed by atoms with van der Waals surface area (Å²) in [6, 6.07) is 14.2. The van der Waals surface area contributed by atoms with Crippen LogP contribution in [0.15, 0.2) is 91.3 Å². The van der Waals surface area contributed by atoms with Gasteiger partial charge in [-0.1, -0.05) is 34.9 Å². The van der Waals surface area contributed by atoms with E-state index in [0.29, 0.717) is 11.4 Å². The van der Waals surface area contributed by atoms with E-state index in [4.69, 9.17) is 0 Å². The fourth-order valence-electron chi connectivity index (χ4n) is 3.12. The van der Waals surface area contributed by atoms with Crippen LogP contribution in [0.25, 0.3) is 0 Å². The lowest BCUT2D eigenvalue weighted by Gasteiger charge is -2.13. The van der Waals surface area contributed by atoms with Crippen LogP contribution in [0.2, 0.25) is 0 Å². The van der Waals surface area contributed by atoms with Gasteiger partial charge in [-0.25, -0.2) is 9.80 Å². The minimum absolute atomic E-state index is 0.352. The van der Waals surface area contributed by atoms with Crippen molar-refractivity contribution in [1.29, 1.82) is 0 Å². The van der Waals surface area contributed by atoms with E-state index in [1.807, 2.05) is 24.3 Å². The standard InChI is InChI=1S/C22H12N4O4S3/c27-17-9-10-18(28)25(17)13-1-5-15(6-2-13)31-21-23-24-22(33-21)32-16-7-3-14(4-8-16)26-19(29)11-12-20(26)30/h1-12H. The van der Waals surface area contributed by atoms with Crippen molar-refractivity contribution in [2.75, 3.05) is 9.80 Å². The molecule has 2 aliphatic rings. The molecule has 8 nitrogen and oxygen atoms in total. The van der Waals surface area contributed by atoms with Crippen LogP contribution in [0.3, 0.4) is 0 Å². The van der Waals surface area contributed by atoms with Crippen LogP contribution >= 0.6 is 34.9 Å². The largest absolute Gasteiger partial charge is 0.269 e. The fourth-order valence-corrected chi connectivity index (χ4v) is 6.08. The van der Waals surface area contributed by atoms with Gasteiger partial charge in [0.1, 0.15) is 0 Å². The Hall–Kier alpha value is -3.54. The summed E-state index contributed by atoms with van der Waals surface area (Å²) in [7, 11) is 0. The molecule has 0 saturated heterocycles. The first-order valence-electron chi connectivity index (χ1n) is 9.49. The highest BCUT2D eigenvalue weighted by Crippen LogP contribution is 2.37. The predicted octanol–water partition coefficient (Wildman–Crippen LogP) is 3.70. The predicted molar refractivity (Wildman–Crippen MR) is 124 cm³/mol. The van der Waals surface area contributed by atoms with E-state index in [0.717, 1.165) is 28.3 Å². The van der Waals surface area contributed by atoms with Crippen LogP contribution in [0, 0.1) is 0 Å². The number of aromatic nitrogens is 2. The molecule has 4 amide bonds. The number of anilines is 2. The Balaban J connectivity index is 1.22. The zero-order chi connectivity index (χ0) is 22.9. The van der Waals surface area contributed by atoms with Crippen molar-refractivity contribution in [3.63, 3.8) is 0 Å². The molecule has 0 unspecified atom stereocenters. The average Bonchev–Trinajstić information content (AvgIpc) is 3.49. The number of hydrogen-bond acceptors (Lipinski definition) is 9. The number of imide groups is 2. The number of carbonyl (C=O) groups excluding carboxylic acids is 4. The number of rotatable bonds is 6. The third-order valence-corrected chi connectivity index (χ3v) is 7.65. The second-order valence-electron chi connectivity index (χ2n) is 6.72. The Bertz CT molecular complexity index is 1210. The Morgan fingerprint density at radius 3 is 1.21 bits per heavy atom. The lowest BCUT2D eigenvalue weighted by molar-refractivity contribution is -0.121. The smallest absolute Gasteiger partial charge is 0.258 e. The molecule has 0 radical (unpaired) electrons. The molecule has 0 N–H and O–H groups in total. The van der Waals surface area contributed by atoms with Crippen molar-refractivity contribution in [3.05, 3.63) is 72.8 Å². The minimum atomic E-state index is -0.352. The number of amides is 4. The normalized spacial score (nSPS) is 15.4. The zero-order valence-corrected chi connectivity index (χ0v) is 19.0. The topological polar surface area (TPSA) is 101 Å². The third-order valence-electron chi connectivity index (χ3n) is 4.61. The van der Waals surface area contributed by atoms with E-state index in [1.54, 1.807) is 24.3 Å². The molecule has 0 aliphatic carbocycles. The quantitative estimate of drug-likeness (QED) is 0.480. The number of benzene rings is 2. The summed E-state index contributed by atoms with van der Waals surface area (Å²) in [5.41, 5.74) is 1.04. The second-order valence-corrected chi connectivity index (χ2v) is 10.3. The molecule has 11 heteroatoms. The Kier molecular flexibility index (Phi) is 5.67. The zero-order valence-electron chi connectivity index (χ0n) is 16.6. The average molecular weight is 493 g/mol. The number of carbonyl (C=O) groups is 4. The highest BCUT2D eigenvalue weighted by atomic mass is 32.2. The van der Waals surface area contributed by atoms with Gasteiger partial charge in [0, 0.05) is 34.1 Å². The van der Waals surface area contributed by atoms with Gasteiger partial charge < -0.3 is 0 Å². The van der Waals surface area contributed by atoms with E-state index in [2.05, 4.69) is 10.2 Å². The van der Waals surface area contributed by atoms with Crippen LogP contribution in [0.5, 0.6) is 0 Å². The number of hydrogen-bond donors (Lipinski definition) is 0. The molecule has 0 fully saturated rings. The monoisotopic (exact) mass is 492 g/mol. The van der Waals surface area contributed by atoms with E-state index in [1.165, 1.54) is 59.2 Å². The van der Waals surface area contributed by atoms with Crippen molar-refractivity contribution >= 4 is 69.9 Å². The van der Waals surface area contributed by atoms with Crippen LogP contribution in [-0.4, -0.2) is 33.8 Å². The SMILES string of the molecule is O=C1C=CC(=O)N1c1ccc(Sc2nnc(Sc3ccc(N4C(=O)C=CC4=O)cc3)s2)cc1. The maximum atomic E-state index is 11.8. The molecule has 33 heavy (non-hydrogen) atoms. The molecule has 3 heterocycles. The van der Waals surface area contributed by atoms with Crippen LogP contribution < -0.4 is 9.80 Å². The lowest BCUT2D eigenvalue weighted by Crippen LogP contribution is -2.29. The molecule has 5 rings (SSSR count). The molecule has 3 aromatic rings. The Morgan fingerprint density at radius 1 is 0.545 bits per heavy atom. The van der Waals surface area contributed by atoms with Crippen LogP contribution in [0.4, 0.5) is 11.4 Å². The summed E-state index contributed by atoms with van der Waals surface area (Å²) in [5.74, 6) is -1.41. The Labute approximate surface area is 200 Å². The van der Waals surface area contributed by atoms with Gasteiger partial charge in [0.15, 0.2) is 8.68 Å². The molecule has 162 valence electrons. The maximum absolute atomic E-state index is 11.8. The van der Waals surface area contributed by atoms with Crippen molar-refractivity contribution in [3.8, 4) is 0 Å². The van der Waals surface area contributed by atoms with Gasteiger partial charge in [0.25, 0.3) is 23.6 Å². The van der Waals surface area contributed by atoms with E-state index >= 15 is 0 Å². The summed E-state index contributed by atoms with van der Waals surface area (Å²) in [6.07, 6.45) is 5.01. The third kappa shape index (κ3) is 4.38. The van der Waals surface area contributed by atoms with Gasteiger partial charge >= 0.3 is 0 Å². The highest BCUT2D eigenvalue weighted by Gasteiger charge is 2.26. The summed E-state index contributed by atoms with van der Waals surface area (Å²) in [4.78, 5) is 51.2. The molecule has 0 spiro atoms. The van der Waals surface area contributed by atoms with Gasteiger partial charge in [0.05, 0.1) is 11.4 Å². The molecular formula is C22H12N4O4S3. The highest BCUT2D eigenvalue weighted by molar-refractivity contribution is 8.03. The summed E-state index contributed by atoms with van der Waals surface area (Å²) in [5, 5.41) is 8.42. The summed E-state index contributed by atoms with van der Waals surface area (Å²) < 4.78 is 1.49. The van der Waals surface area contributed by atoms with Gasteiger partial charge in [-0.3, -0.25) is 19.2 Å². The van der Waals surface area contributed by atoms with Gasteiger partial charge in [-0.05, 0) is 48.5 Å². The minimum Gasteiger partial charge on any atom is -0.269 e. The van der Waals surface area contributed by atoms with E-state index < -0.39 is 0 Å². The summed E-state index contributed by atoms with van der Waals surface area (Å²) in [6.45, 7) is 0. The molecular weight excluding hydrogens is 480 g/mol. The van der Waals surface area contributed by atoms with Crippen molar-refractivity contribution < 1.29 is 19.2 Å². The maximum Gasteiger partial charge on any atom is 0.258 e. The lowest BCUT2D eigenvalue weighted by atomic mass is 10.3. The molecule has 0 bridgehead atoms. The first kappa shape index (κ1) is 21.3. The fraction of sp³-hybridized carbons (Fsp3) is 0.